The first-order valence-corrected chi connectivity index (χ1v) is 13.1. The van der Waals surface area contributed by atoms with Gasteiger partial charge in [-0.25, -0.2) is 13.1 Å². The Hall–Kier alpha value is -2.97. The lowest BCUT2D eigenvalue weighted by atomic mass is 9.97. The van der Waals surface area contributed by atoms with E-state index in [1.165, 1.54) is 4.31 Å². The van der Waals surface area contributed by atoms with Crippen molar-refractivity contribution < 1.29 is 13.2 Å². The average molecular weight is 481 g/mol. The minimum absolute atomic E-state index is 0.0329. The van der Waals surface area contributed by atoms with Crippen LogP contribution in [0.3, 0.4) is 0 Å². The molecular weight excluding hydrogens is 448 g/mol. The molecule has 0 radical (unpaired) electrons. The van der Waals surface area contributed by atoms with Crippen LogP contribution < -0.4 is 5.32 Å². The predicted octanol–water partition coefficient (Wildman–Crippen LogP) is 3.82. The number of sulfonamides is 1. The van der Waals surface area contributed by atoms with Gasteiger partial charge in [-0.1, -0.05) is 24.3 Å². The number of carbonyl (C=O) groups is 1. The number of aromatic nitrogens is 2. The Kier molecular flexibility index (Phi) is 6.91. The van der Waals surface area contributed by atoms with Crippen LogP contribution in [0.15, 0.2) is 53.4 Å². The normalized spacial score (nSPS) is 15.4. The summed E-state index contributed by atoms with van der Waals surface area (Å²) >= 11 is 0. The summed E-state index contributed by atoms with van der Waals surface area (Å²) in [5.41, 5.74) is 5.89. The van der Waals surface area contributed by atoms with Crippen LogP contribution in [-0.2, 0) is 21.4 Å². The standard InChI is InChI=1S/C26H32N4O3S/c1-18-10-11-24(16-19(18)2)34(32,33)29-14-12-22(13-15-29)26(31)27-17-25-20(3)28-30(21(25)4)23-8-6-5-7-9-23/h5-11,16,22H,12-15,17H2,1-4H3,(H,27,31). The third-order valence-electron chi connectivity index (χ3n) is 6.82. The lowest BCUT2D eigenvalue weighted by molar-refractivity contribution is -0.126. The van der Waals surface area contributed by atoms with E-state index in [0.29, 0.717) is 37.4 Å². The number of nitrogens with zero attached hydrogens (tertiary/aromatic N) is 3. The molecule has 8 heteroatoms. The van der Waals surface area contributed by atoms with Crippen molar-refractivity contribution in [3.63, 3.8) is 0 Å². The number of amides is 1. The van der Waals surface area contributed by atoms with E-state index in [0.717, 1.165) is 33.8 Å². The molecule has 0 spiro atoms. The molecule has 0 unspecified atom stereocenters. The Morgan fingerprint density at radius 2 is 1.68 bits per heavy atom. The number of hydrogen-bond donors (Lipinski definition) is 1. The van der Waals surface area contributed by atoms with Crippen molar-refractivity contribution in [2.45, 2.75) is 52.0 Å². The van der Waals surface area contributed by atoms with Crippen LogP contribution in [0.5, 0.6) is 0 Å². The van der Waals surface area contributed by atoms with Gasteiger partial charge in [0, 0.05) is 36.8 Å². The molecule has 1 saturated heterocycles. The first-order chi connectivity index (χ1) is 16.2. The molecule has 180 valence electrons. The first kappa shape index (κ1) is 24.2. The lowest BCUT2D eigenvalue weighted by Gasteiger charge is -2.30. The first-order valence-electron chi connectivity index (χ1n) is 11.6. The maximum absolute atomic E-state index is 13.0. The Balaban J connectivity index is 1.36. The van der Waals surface area contributed by atoms with Crippen molar-refractivity contribution in [3.8, 4) is 5.69 Å². The summed E-state index contributed by atoms with van der Waals surface area (Å²) in [5.74, 6) is -0.231. The minimum atomic E-state index is -3.55. The molecule has 2 aromatic carbocycles. The second-order valence-electron chi connectivity index (χ2n) is 9.04. The smallest absolute Gasteiger partial charge is 0.243 e. The van der Waals surface area contributed by atoms with Crippen molar-refractivity contribution in [1.82, 2.24) is 19.4 Å². The highest BCUT2D eigenvalue weighted by molar-refractivity contribution is 7.89. The van der Waals surface area contributed by atoms with Crippen LogP contribution in [0.4, 0.5) is 0 Å². The SMILES string of the molecule is Cc1ccc(S(=O)(=O)N2CCC(C(=O)NCc3c(C)nn(-c4ccccc4)c3C)CC2)cc1C. The summed E-state index contributed by atoms with van der Waals surface area (Å²) in [6, 6.07) is 15.1. The van der Waals surface area contributed by atoms with Crippen LogP contribution in [0.25, 0.3) is 5.69 Å². The molecule has 0 saturated carbocycles. The van der Waals surface area contributed by atoms with E-state index < -0.39 is 10.0 Å². The average Bonchev–Trinajstić information content (AvgIpc) is 3.13. The molecule has 3 aromatic rings. The summed E-state index contributed by atoms with van der Waals surface area (Å²) in [5, 5.41) is 7.69. The molecule has 1 aliphatic heterocycles. The van der Waals surface area contributed by atoms with Gasteiger partial charge in [-0.15, -0.1) is 0 Å². The summed E-state index contributed by atoms with van der Waals surface area (Å²) < 4.78 is 29.5. The van der Waals surface area contributed by atoms with Crippen LogP contribution in [-0.4, -0.2) is 41.5 Å². The van der Waals surface area contributed by atoms with Crippen LogP contribution in [0.1, 0.15) is 40.9 Å². The molecule has 0 atom stereocenters. The summed E-state index contributed by atoms with van der Waals surface area (Å²) in [6.45, 7) is 8.93. The van der Waals surface area contributed by atoms with Crippen molar-refractivity contribution in [3.05, 3.63) is 76.6 Å². The second-order valence-corrected chi connectivity index (χ2v) is 11.0. The third kappa shape index (κ3) is 4.79. The van der Waals surface area contributed by atoms with Gasteiger partial charge < -0.3 is 5.32 Å². The number of para-hydroxylation sites is 1. The summed E-state index contributed by atoms with van der Waals surface area (Å²) in [7, 11) is -3.55. The fourth-order valence-corrected chi connectivity index (χ4v) is 6.01. The van der Waals surface area contributed by atoms with Crippen molar-refractivity contribution >= 4 is 15.9 Å². The summed E-state index contributed by atoms with van der Waals surface area (Å²) in [4.78, 5) is 13.2. The van der Waals surface area contributed by atoms with Crippen molar-refractivity contribution in [2.75, 3.05) is 13.1 Å². The molecule has 0 aliphatic carbocycles. The molecule has 1 amide bonds. The van der Waals surface area contributed by atoms with E-state index in [9.17, 15) is 13.2 Å². The molecule has 34 heavy (non-hydrogen) atoms. The molecule has 1 aliphatic rings. The Morgan fingerprint density at radius 1 is 1.00 bits per heavy atom. The summed E-state index contributed by atoms with van der Waals surface area (Å²) in [6.07, 6.45) is 1.02. The monoisotopic (exact) mass is 480 g/mol. The van der Waals surface area contributed by atoms with Gasteiger partial charge in [-0.2, -0.15) is 9.40 Å². The lowest BCUT2D eigenvalue weighted by Crippen LogP contribution is -2.42. The zero-order chi connectivity index (χ0) is 24.5. The van der Waals surface area contributed by atoms with Gasteiger partial charge in [-0.05, 0) is 75.9 Å². The quantitative estimate of drug-likeness (QED) is 0.581. The molecule has 7 nitrogen and oxygen atoms in total. The largest absolute Gasteiger partial charge is 0.352 e. The van der Waals surface area contributed by atoms with E-state index in [1.54, 1.807) is 12.1 Å². The van der Waals surface area contributed by atoms with Crippen LogP contribution in [0.2, 0.25) is 0 Å². The van der Waals surface area contributed by atoms with Gasteiger partial charge in [0.05, 0.1) is 16.3 Å². The molecule has 2 heterocycles. The Labute approximate surface area is 201 Å². The fourth-order valence-electron chi connectivity index (χ4n) is 4.45. The van der Waals surface area contributed by atoms with Gasteiger partial charge in [0.1, 0.15) is 0 Å². The molecule has 1 aromatic heterocycles. The highest BCUT2D eigenvalue weighted by atomic mass is 32.2. The fraction of sp³-hybridized carbons (Fsp3) is 0.385. The van der Waals surface area contributed by atoms with Crippen molar-refractivity contribution in [2.24, 2.45) is 5.92 Å². The molecule has 4 rings (SSSR count). The zero-order valence-electron chi connectivity index (χ0n) is 20.2. The predicted molar refractivity (Wildman–Crippen MR) is 132 cm³/mol. The van der Waals surface area contributed by atoms with E-state index >= 15 is 0 Å². The number of piperidine rings is 1. The molecule has 1 N–H and O–H groups in total. The number of hydrogen-bond acceptors (Lipinski definition) is 4. The van der Waals surface area contributed by atoms with Gasteiger partial charge in [-0.3, -0.25) is 4.79 Å². The van der Waals surface area contributed by atoms with E-state index in [-0.39, 0.29) is 11.8 Å². The maximum Gasteiger partial charge on any atom is 0.243 e. The minimum Gasteiger partial charge on any atom is -0.352 e. The number of carbonyl (C=O) groups excluding carboxylic acids is 1. The maximum atomic E-state index is 13.0. The number of rotatable bonds is 6. The van der Waals surface area contributed by atoms with E-state index in [1.807, 2.05) is 68.8 Å². The van der Waals surface area contributed by atoms with Crippen molar-refractivity contribution in [1.29, 1.82) is 0 Å². The van der Waals surface area contributed by atoms with Crippen LogP contribution >= 0.6 is 0 Å². The number of nitrogens with one attached hydrogen (secondary N) is 1. The number of aryl methyl sites for hydroxylation is 3. The Morgan fingerprint density at radius 3 is 2.32 bits per heavy atom. The van der Waals surface area contributed by atoms with Gasteiger partial charge in [0.25, 0.3) is 0 Å². The van der Waals surface area contributed by atoms with Gasteiger partial charge in [0.2, 0.25) is 15.9 Å². The van der Waals surface area contributed by atoms with Crippen LogP contribution in [0, 0.1) is 33.6 Å². The highest BCUT2D eigenvalue weighted by Crippen LogP contribution is 2.25. The topological polar surface area (TPSA) is 84.3 Å². The van der Waals surface area contributed by atoms with E-state index in [2.05, 4.69) is 10.4 Å². The Bertz CT molecular complexity index is 1290. The molecular formula is C26H32N4O3S. The van der Waals surface area contributed by atoms with Gasteiger partial charge in [0.15, 0.2) is 0 Å². The van der Waals surface area contributed by atoms with Gasteiger partial charge >= 0.3 is 0 Å². The third-order valence-corrected chi connectivity index (χ3v) is 8.72. The molecule has 0 bridgehead atoms. The molecule has 1 fully saturated rings. The zero-order valence-corrected chi connectivity index (χ0v) is 21.0. The van der Waals surface area contributed by atoms with E-state index in [4.69, 9.17) is 0 Å². The highest BCUT2D eigenvalue weighted by Gasteiger charge is 2.32. The second kappa shape index (κ2) is 9.72. The number of benzene rings is 2.